The minimum absolute atomic E-state index is 0.128. The summed E-state index contributed by atoms with van der Waals surface area (Å²) < 4.78 is 0. The molecule has 1 atom stereocenters. The van der Waals surface area contributed by atoms with Gasteiger partial charge in [0, 0.05) is 13.6 Å². The van der Waals surface area contributed by atoms with Crippen molar-refractivity contribution in [1.29, 1.82) is 0 Å². The molecular weight excluding hydrogens is 234 g/mol. The quantitative estimate of drug-likeness (QED) is 0.765. The van der Waals surface area contributed by atoms with Gasteiger partial charge < -0.3 is 10.2 Å². The smallest absolute Gasteiger partial charge is 0.294 e. The number of aromatic nitrogens is 3. The molecule has 1 unspecified atom stereocenters. The van der Waals surface area contributed by atoms with Gasteiger partial charge in [0.2, 0.25) is 11.7 Å². The zero-order chi connectivity index (χ0) is 13.1. The minimum Gasteiger partial charge on any atom is -0.357 e. The molecule has 18 heavy (non-hydrogen) atoms. The van der Waals surface area contributed by atoms with E-state index >= 15 is 0 Å². The third-order valence-electron chi connectivity index (χ3n) is 3.10. The molecule has 2 amide bonds. The molecule has 1 aromatic heterocycles. The van der Waals surface area contributed by atoms with Crippen LogP contribution < -0.4 is 5.32 Å². The van der Waals surface area contributed by atoms with E-state index in [-0.39, 0.29) is 17.6 Å². The topological polar surface area (TPSA) is 91.0 Å². The van der Waals surface area contributed by atoms with Crippen LogP contribution >= 0.6 is 0 Å². The van der Waals surface area contributed by atoms with Gasteiger partial charge in [-0.1, -0.05) is 0 Å². The number of amides is 2. The number of H-pyrrole nitrogens is 1. The summed E-state index contributed by atoms with van der Waals surface area (Å²) in [5.41, 5.74) is 0. The summed E-state index contributed by atoms with van der Waals surface area (Å²) in [5.74, 6) is 0.304. The Morgan fingerprint density at radius 3 is 2.83 bits per heavy atom. The van der Waals surface area contributed by atoms with Crippen LogP contribution in [0.25, 0.3) is 0 Å². The number of aromatic amines is 1. The number of carbonyl (C=O) groups is 2. The van der Waals surface area contributed by atoms with E-state index in [1.165, 1.54) is 0 Å². The van der Waals surface area contributed by atoms with Crippen molar-refractivity contribution in [3.8, 4) is 0 Å². The van der Waals surface area contributed by atoms with Crippen molar-refractivity contribution in [2.24, 2.45) is 0 Å². The fraction of sp³-hybridized carbons (Fsp3) is 0.636. The van der Waals surface area contributed by atoms with Crippen LogP contribution in [0.1, 0.15) is 35.7 Å². The monoisotopic (exact) mass is 251 g/mol. The summed E-state index contributed by atoms with van der Waals surface area (Å²) >= 11 is 0. The number of carbonyl (C=O) groups excluding carboxylic acids is 2. The average molecular weight is 251 g/mol. The van der Waals surface area contributed by atoms with E-state index in [2.05, 4.69) is 20.5 Å². The van der Waals surface area contributed by atoms with Crippen LogP contribution in [-0.2, 0) is 4.79 Å². The predicted octanol–water partition coefficient (Wildman–Crippen LogP) is -0.146. The first-order chi connectivity index (χ1) is 8.63. The second-order valence-electron chi connectivity index (χ2n) is 4.37. The standard InChI is InChI=1S/C11H17N5O2/c1-7-13-9(15-14-7)11(18)16-6-4-3-5-8(16)10(17)12-2/h8H,3-6H2,1-2H3,(H,12,17)(H,13,14,15). The average Bonchev–Trinajstić information content (AvgIpc) is 2.83. The van der Waals surface area contributed by atoms with E-state index in [0.717, 1.165) is 12.8 Å². The molecule has 1 aromatic rings. The summed E-state index contributed by atoms with van der Waals surface area (Å²) in [6, 6.07) is -0.407. The summed E-state index contributed by atoms with van der Waals surface area (Å²) in [7, 11) is 1.58. The Hall–Kier alpha value is -1.92. The van der Waals surface area contributed by atoms with Gasteiger partial charge in [-0.3, -0.25) is 14.7 Å². The van der Waals surface area contributed by atoms with Crippen molar-refractivity contribution in [3.05, 3.63) is 11.6 Å². The summed E-state index contributed by atoms with van der Waals surface area (Å²) in [4.78, 5) is 29.6. The number of hydrogen-bond donors (Lipinski definition) is 2. The first-order valence-corrected chi connectivity index (χ1v) is 6.05. The lowest BCUT2D eigenvalue weighted by Crippen LogP contribution is -2.51. The van der Waals surface area contributed by atoms with Gasteiger partial charge in [-0.05, 0) is 26.2 Å². The largest absolute Gasteiger partial charge is 0.357 e. The number of hydrogen-bond acceptors (Lipinski definition) is 4. The fourth-order valence-electron chi connectivity index (χ4n) is 2.18. The lowest BCUT2D eigenvalue weighted by molar-refractivity contribution is -0.126. The maximum Gasteiger partial charge on any atom is 0.294 e. The zero-order valence-corrected chi connectivity index (χ0v) is 10.6. The molecule has 0 saturated carbocycles. The number of aryl methyl sites for hydroxylation is 1. The molecule has 2 heterocycles. The number of nitrogens with one attached hydrogen (secondary N) is 2. The van der Waals surface area contributed by atoms with Gasteiger partial charge in [-0.15, -0.1) is 5.10 Å². The van der Waals surface area contributed by atoms with E-state index in [1.54, 1.807) is 18.9 Å². The molecule has 1 fully saturated rings. The highest BCUT2D eigenvalue weighted by Gasteiger charge is 2.33. The molecule has 1 saturated heterocycles. The van der Waals surface area contributed by atoms with Gasteiger partial charge in [-0.25, -0.2) is 4.98 Å². The van der Waals surface area contributed by atoms with Crippen molar-refractivity contribution < 1.29 is 9.59 Å². The van der Waals surface area contributed by atoms with E-state index < -0.39 is 6.04 Å². The summed E-state index contributed by atoms with van der Waals surface area (Å²) in [5, 5.41) is 9.08. The molecule has 98 valence electrons. The van der Waals surface area contributed by atoms with E-state index in [0.29, 0.717) is 18.8 Å². The fourth-order valence-corrected chi connectivity index (χ4v) is 2.18. The summed E-state index contributed by atoms with van der Waals surface area (Å²) in [6.07, 6.45) is 2.55. The van der Waals surface area contributed by atoms with E-state index in [1.807, 2.05) is 0 Å². The normalized spacial score (nSPS) is 19.7. The number of rotatable bonds is 2. The molecule has 0 radical (unpaired) electrons. The summed E-state index contributed by atoms with van der Waals surface area (Å²) in [6.45, 7) is 2.31. The zero-order valence-electron chi connectivity index (χ0n) is 10.6. The van der Waals surface area contributed by atoms with Crippen LogP contribution in [0.4, 0.5) is 0 Å². The van der Waals surface area contributed by atoms with Crippen LogP contribution in [0.3, 0.4) is 0 Å². The highest BCUT2D eigenvalue weighted by Crippen LogP contribution is 2.18. The molecule has 0 bridgehead atoms. The second-order valence-corrected chi connectivity index (χ2v) is 4.37. The molecule has 1 aliphatic heterocycles. The number of likely N-dealkylation sites (tertiary alicyclic amines) is 1. The molecule has 0 spiro atoms. The van der Waals surface area contributed by atoms with Gasteiger partial charge in [0.15, 0.2) is 0 Å². The van der Waals surface area contributed by atoms with Crippen LogP contribution in [0.2, 0.25) is 0 Å². The molecule has 7 nitrogen and oxygen atoms in total. The molecule has 0 aliphatic carbocycles. The molecule has 2 rings (SSSR count). The third kappa shape index (κ3) is 2.34. The lowest BCUT2D eigenvalue weighted by Gasteiger charge is -2.33. The Kier molecular flexibility index (Phi) is 3.59. The van der Waals surface area contributed by atoms with Gasteiger partial charge in [0.25, 0.3) is 5.91 Å². The molecule has 2 N–H and O–H groups in total. The lowest BCUT2D eigenvalue weighted by atomic mass is 10.0. The maximum atomic E-state index is 12.2. The van der Waals surface area contributed by atoms with Gasteiger partial charge in [0.05, 0.1) is 0 Å². The first kappa shape index (κ1) is 12.5. The highest BCUT2D eigenvalue weighted by molar-refractivity contribution is 5.94. The van der Waals surface area contributed by atoms with Crippen molar-refractivity contribution in [2.45, 2.75) is 32.2 Å². The van der Waals surface area contributed by atoms with Crippen molar-refractivity contribution in [2.75, 3.05) is 13.6 Å². The van der Waals surface area contributed by atoms with Crippen LogP contribution in [0, 0.1) is 6.92 Å². The second kappa shape index (κ2) is 5.16. The predicted molar refractivity (Wildman–Crippen MR) is 63.9 cm³/mol. The molecule has 7 heteroatoms. The van der Waals surface area contributed by atoms with Gasteiger partial charge in [0.1, 0.15) is 11.9 Å². The Morgan fingerprint density at radius 2 is 2.22 bits per heavy atom. The molecule has 0 aromatic carbocycles. The van der Waals surface area contributed by atoms with E-state index in [4.69, 9.17) is 0 Å². The van der Waals surface area contributed by atoms with Crippen molar-refractivity contribution in [1.82, 2.24) is 25.4 Å². The van der Waals surface area contributed by atoms with Gasteiger partial charge in [-0.2, -0.15) is 0 Å². The maximum absolute atomic E-state index is 12.2. The van der Waals surface area contributed by atoms with Gasteiger partial charge >= 0.3 is 0 Å². The van der Waals surface area contributed by atoms with Crippen LogP contribution in [0.5, 0.6) is 0 Å². The highest BCUT2D eigenvalue weighted by atomic mass is 16.2. The Morgan fingerprint density at radius 1 is 1.44 bits per heavy atom. The van der Waals surface area contributed by atoms with Crippen LogP contribution in [-0.4, -0.2) is 51.5 Å². The van der Waals surface area contributed by atoms with E-state index in [9.17, 15) is 9.59 Å². The molecular formula is C11H17N5O2. The SMILES string of the molecule is CNC(=O)C1CCCCN1C(=O)c1n[nH]c(C)n1. The first-order valence-electron chi connectivity index (χ1n) is 6.05. The number of likely N-dealkylation sites (N-methyl/N-ethyl adjacent to an activating group) is 1. The Balaban J connectivity index is 2.18. The minimum atomic E-state index is -0.407. The Labute approximate surface area is 105 Å². The number of nitrogens with zero attached hydrogens (tertiary/aromatic N) is 3. The van der Waals surface area contributed by atoms with Crippen molar-refractivity contribution >= 4 is 11.8 Å². The third-order valence-corrected chi connectivity index (χ3v) is 3.10. The molecule has 1 aliphatic rings. The Bertz CT molecular complexity index is 456. The van der Waals surface area contributed by atoms with Crippen molar-refractivity contribution in [3.63, 3.8) is 0 Å². The number of piperidine rings is 1. The van der Waals surface area contributed by atoms with Crippen LogP contribution in [0.15, 0.2) is 0 Å².